The van der Waals surface area contributed by atoms with Gasteiger partial charge in [0.25, 0.3) is 5.91 Å². The average Bonchev–Trinajstić information content (AvgIpc) is 2.92. The number of carbonyl (C=O) groups excluding carboxylic acids is 2. The fourth-order valence-electron chi connectivity index (χ4n) is 2.19. The molecule has 1 unspecified atom stereocenters. The molecule has 1 aliphatic rings. The number of nitrogens with one attached hydrogen (secondary N) is 1. The van der Waals surface area contributed by atoms with Gasteiger partial charge in [-0.3, -0.25) is 4.79 Å². The van der Waals surface area contributed by atoms with Gasteiger partial charge in [-0.25, -0.2) is 9.78 Å². The minimum absolute atomic E-state index is 0.190. The molecule has 1 atom stereocenters. The van der Waals surface area contributed by atoms with E-state index in [2.05, 4.69) is 9.97 Å². The van der Waals surface area contributed by atoms with Crippen LogP contribution in [-0.2, 0) is 9.53 Å². The molecule has 1 saturated heterocycles. The predicted molar refractivity (Wildman–Crippen MR) is 63.9 cm³/mol. The van der Waals surface area contributed by atoms with Crippen LogP contribution in [0.25, 0.3) is 0 Å². The molecule has 1 N–H and O–H groups in total. The van der Waals surface area contributed by atoms with E-state index in [0.29, 0.717) is 25.3 Å². The summed E-state index contributed by atoms with van der Waals surface area (Å²) in [5, 5.41) is 0. The second-order valence-corrected chi connectivity index (χ2v) is 4.23. The highest BCUT2D eigenvalue weighted by Crippen LogP contribution is 2.20. The molecule has 18 heavy (non-hydrogen) atoms. The third-order valence-corrected chi connectivity index (χ3v) is 3.05. The highest BCUT2D eigenvalue weighted by Gasteiger charge is 2.33. The minimum atomic E-state index is -0.463. The second kappa shape index (κ2) is 5.66. The number of aromatic nitrogens is 2. The standard InChI is InChI=1S/C12H17N3O3/c1-2-18-12(17)10-5-3-4-6-15(10)11(16)9-7-13-8-14-9/h7-8,10H,2-6H2,1H3,(H,13,14). The molecule has 0 spiro atoms. The third-order valence-electron chi connectivity index (χ3n) is 3.05. The summed E-state index contributed by atoms with van der Waals surface area (Å²) >= 11 is 0. The van der Waals surface area contributed by atoms with Gasteiger partial charge in [-0.1, -0.05) is 0 Å². The Morgan fingerprint density at radius 3 is 3.06 bits per heavy atom. The number of hydrogen-bond donors (Lipinski definition) is 1. The number of aromatic amines is 1. The molecule has 1 fully saturated rings. The summed E-state index contributed by atoms with van der Waals surface area (Å²) in [5.74, 6) is -0.504. The van der Waals surface area contributed by atoms with Crippen LogP contribution in [0.5, 0.6) is 0 Å². The molecule has 0 bridgehead atoms. The van der Waals surface area contributed by atoms with E-state index in [4.69, 9.17) is 4.74 Å². The number of amides is 1. The first-order chi connectivity index (χ1) is 8.74. The first-order valence-corrected chi connectivity index (χ1v) is 6.20. The zero-order valence-electron chi connectivity index (χ0n) is 10.4. The Morgan fingerprint density at radius 1 is 1.56 bits per heavy atom. The van der Waals surface area contributed by atoms with Crippen molar-refractivity contribution in [3.63, 3.8) is 0 Å². The summed E-state index contributed by atoms with van der Waals surface area (Å²) in [6.45, 7) is 2.69. The van der Waals surface area contributed by atoms with Gasteiger partial charge in [0.05, 0.1) is 19.1 Å². The van der Waals surface area contributed by atoms with Gasteiger partial charge in [0, 0.05) is 6.54 Å². The van der Waals surface area contributed by atoms with Gasteiger partial charge >= 0.3 is 5.97 Å². The van der Waals surface area contributed by atoms with Crippen molar-refractivity contribution >= 4 is 11.9 Å². The van der Waals surface area contributed by atoms with Gasteiger partial charge in [0.2, 0.25) is 0 Å². The van der Waals surface area contributed by atoms with Crippen molar-refractivity contribution in [2.24, 2.45) is 0 Å². The monoisotopic (exact) mass is 251 g/mol. The van der Waals surface area contributed by atoms with Crippen LogP contribution >= 0.6 is 0 Å². The number of piperidine rings is 1. The van der Waals surface area contributed by atoms with Crippen molar-refractivity contribution in [3.05, 3.63) is 18.2 Å². The number of imidazole rings is 1. The lowest BCUT2D eigenvalue weighted by molar-refractivity contribution is -0.149. The van der Waals surface area contributed by atoms with Crippen LogP contribution in [0.15, 0.2) is 12.5 Å². The molecule has 2 heterocycles. The van der Waals surface area contributed by atoms with E-state index in [1.165, 1.54) is 12.5 Å². The number of nitrogens with zero attached hydrogens (tertiary/aromatic N) is 2. The lowest BCUT2D eigenvalue weighted by Crippen LogP contribution is -2.48. The zero-order valence-corrected chi connectivity index (χ0v) is 10.4. The largest absolute Gasteiger partial charge is 0.464 e. The number of esters is 1. The SMILES string of the molecule is CCOC(=O)C1CCCCN1C(=O)c1cnc[nH]1. The fourth-order valence-corrected chi connectivity index (χ4v) is 2.19. The molecule has 1 amide bonds. The van der Waals surface area contributed by atoms with Crippen LogP contribution < -0.4 is 0 Å². The van der Waals surface area contributed by atoms with Crippen LogP contribution in [0.1, 0.15) is 36.7 Å². The van der Waals surface area contributed by atoms with Gasteiger partial charge in [0.1, 0.15) is 11.7 Å². The van der Waals surface area contributed by atoms with E-state index < -0.39 is 6.04 Å². The van der Waals surface area contributed by atoms with E-state index in [9.17, 15) is 9.59 Å². The Morgan fingerprint density at radius 2 is 2.39 bits per heavy atom. The second-order valence-electron chi connectivity index (χ2n) is 4.23. The number of rotatable bonds is 3. The van der Waals surface area contributed by atoms with Crippen LogP contribution in [0, 0.1) is 0 Å². The molecule has 0 aromatic carbocycles. The molecule has 1 aliphatic heterocycles. The van der Waals surface area contributed by atoms with Crippen molar-refractivity contribution in [1.82, 2.24) is 14.9 Å². The Balaban J connectivity index is 2.12. The molecule has 98 valence electrons. The summed E-state index contributed by atoms with van der Waals surface area (Å²) in [7, 11) is 0. The van der Waals surface area contributed by atoms with Crippen molar-refractivity contribution in [2.75, 3.05) is 13.2 Å². The maximum absolute atomic E-state index is 12.2. The van der Waals surface area contributed by atoms with Crippen LogP contribution in [-0.4, -0.2) is 45.9 Å². The molecular formula is C12H17N3O3. The number of hydrogen-bond acceptors (Lipinski definition) is 4. The predicted octanol–water partition coefficient (Wildman–Crippen LogP) is 0.967. The maximum Gasteiger partial charge on any atom is 0.328 e. The number of carbonyl (C=O) groups is 2. The normalized spacial score (nSPS) is 19.6. The number of likely N-dealkylation sites (tertiary alicyclic amines) is 1. The van der Waals surface area contributed by atoms with E-state index in [1.54, 1.807) is 11.8 Å². The number of ether oxygens (including phenoxy) is 1. The zero-order chi connectivity index (χ0) is 13.0. The summed E-state index contributed by atoms with van der Waals surface area (Å²) in [5.41, 5.74) is 0.409. The first kappa shape index (κ1) is 12.6. The van der Waals surface area contributed by atoms with Crippen molar-refractivity contribution in [3.8, 4) is 0 Å². The Kier molecular flexibility index (Phi) is 3.96. The van der Waals surface area contributed by atoms with Crippen molar-refractivity contribution in [1.29, 1.82) is 0 Å². The lowest BCUT2D eigenvalue weighted by Gasteiger charge is -2.33. The van der Waals surface area contributed by atoms with Gasteiger partial charge in [-0.15, -0.1) is 0 Å². The maximum atomic E-state index is 12.2. The Bertz CT molecular complexity index is 416. The summed E-state index contributed by atoms with van der Waals surface area (Å²) < 4.78 is 5.02. The van der Waals surface area contributed by atoms with Gasteiger partial charge < -0.3 is 14.6 Å². The fraction of sp³-hybridized carbons (Fsp3) is 0.583. The molecule has 1 aromatic rings. The Labute approximate surface area is 105 Å². The van der Waals surface area contributed by atoms with Crippen LogP contribution in [0.4, 0.5) is 0 Å². The average molecular weight is 251 g/mol. The van der Waals surface area contributed by atoms with Crippen molar-refractivity contribution in [2.45, 2.75) is 32.2 Å². The van der Waals surface area contributed by atoms with Crippen LogP contribution in [0.2, 0.25) is 0 Å². The molecule has 6 heteroatoms. The molecule has 6 nitrogen and oxygen atoms in total. The lowest BCUT2D eigenvalue weighted by atomic mass is 10.0. The number of H-pyrrole nitrogens is 1. The van der Waals surface area contributed by atoms with Crippen molar-refractivity contribution < 1.29 is 14.3 Å². The first-order valence-electron chi connectivity index (χ1n) is 6.20. The molecular weight excluding hydrogens is 234 g/mol. The van der Waals surface area contributed by atoms with E-state index in [0.717, 1.165) is 12.8 Å². The van der Waals surface area contributed by atoms with E-state index >= 15 is 0 Å². The summed E-state index contributed by atoms with van der Waals surface area (Å²) in [6, 6.07) is -0.463. The van der Waals surface area contributed by atoms with E-state index in [1.807, 2.05) is 0 Å². The van der Waals surface area contributed by atoms with Gasteiger partial charge in [0.15, 0.2) is 0 Å². The molecule has 0 saturated carbocycles. The van der Waals surface area contributed by atoms with Gasteiger partial charge in [-0.2, -0.15) is 0 Å². The van der Waals surface area contributed by atoms with Gasteiger partial charge in [-0.05, 0) is 26.2 Å². The summed E-state index contributed by atoms with van der Waals surface area (Å²) in [4.78, 5) is 32.2. The third kappa shape index (κ3) is 2.52. The van der Waals surface area contributed by atoms with Crippen LogP contribution in [0.3, 0.4) is 0 Å². The smallest absolute Gasteiger partial charge is 0.328 e. The molecule has 1 aromatic heterocycles. The molecule has 2 rings (SSSR count). The minimum Gasteiger partial charge on any atom is -0.464 e. The van der Waals surface area contributed by atoms with E-state index in [-0.39, 0.29) is 11.9 Å². The Hall–Kier alpha value is -1.85. The topological polar surface area (TPSA) is 75.3 Å². The molecule has 0 radical (unpaired) electrons. The summed E-state index contributed by atoms with van der Waals surface area (Å²) in [6.07, 6.45) is 5.44. The quantitative estimate of drug-likeness (QED) is 0.812. The molecule has 0 aliphatic carbocycles. The highest BCUT2D eigenvalue weighted by molar-refractivity contribution is 5.95. The highest BCUT2D eigenvalue weighted by atomic mass is 16.5.